The molecule has 3 aliphatic carbocycles. The average Bonchev–Trinajstić information content (AvgIpc) is 2.95. The molecule has 29 heavy (non-hydrogen) atoms. The zero-order chi connectivity index (χ0) is 21.2. The molecule has 1 aromatic rings. The number of carbonyl (C=O) groups is 1. The molecule has 1 heterocycles. The van der Waals surface area contributed by atoms with Crippen molar-refractivity contribution in [1.82, 2.24) is 0 Å². The zero-order valence-corrected chi connectivity index (χ0v) is 18.7. The second-order valence-electron chi connectivity index (χ2n) is 10.6. The Hall–Kier alpha value is -1.53. The quantitative estimate of drug-likeness (QED) is 0.552. The molecular formula is C23H33BO5. The molecule has 0 radical (unpaired) electrons. The van der Waals surface area contributed by atoms with Crippen LogP contribution in [0.4, 0.5) is 0 Å². The fourth-order valence-corrected chi connectivity index (χ4v) is 5.70. The molecule has 1 aliphatic heterocycles. The summed E-state index contributed by atoms with van der Waals surface area (Å²) in [5.74, 6) is 1.41. The van der Waals surface area contributed by atoms with Crippen molar-refractivity contribution in [2.45, 2.75) is 78.0 Å². The van der Waals surface area contributed by atoms with E-state index in [1.54, 1.807) is 13.2 Å². The maximum atomic E-state index is 12.6. The molecule has 5 nitrogen and oxygen atoms in total. The number of rotatable bonds is 4. The van der Waals surface area contributed by atoms with Crippen LogP contribution in [0.1, 0.15) is 70.3 Å². The molecule has 4 unspecified atom stereocenters. The van der Waals surface area contributed by atoms with Crippen LogP contribution in [0.2, 0.25) is 0 Å². The summed E-state index contributed by atoms with van der Waals surface area (Å²) < 4.78 is 24.0. The number of para-hydroxylation sites is 1. The van der Waals surface area contributed by atoms with Gasteiger partial charge in [0.25, 0.3) is 0 Å². The highest BCUT2D eigenvalue weighted by atomic mass is 16.7. The third-order valence-corrected chi connectivity index (χ3v) is 7.31. The molecule has 6 heteroatoms. The molecule has 0 amide bonds. The van der Waals surface area contributed by atoms with Crippen molar-refractivity contribution in [2.24, 2.45) is 17.3 Å². The SMILES string of the molecule is COc1c(CB2OC3CC4CC(C4(C)C)C3(C)O2)cccc1C(=O)OC(C)(C)C. The Kier molecular flexibility index (Phi) is 4.82. The molecule has 0 aromatic heterocycles. The van der Waals surface area contributed by atoms with E-state index < -0.39 is 5.60 Å². The molecule has 4 aliphatic rings. The van der Waals surface area contributed by atoms with Crippen molar-refractivity contribution < 1.29 is 23.6 Å². The van der Waals surface area contributed by atoms with E-state index in [0.717, 1.165) is 17.9 Å². The average molecular weight is 400 g/mol. The molecule has 4 fully saturated rings. The molecule has 3 saturated carbocycles. The van der Waals surface area contributed by atoms with Gasteiger partial charge in [-0.25, -0.2) is 4.79 Å². The summed E-state index contributed by atoms with van der Waals surface area (Å²) in [6, 6.07) is 5.57. The lowest BCUT2D eigenvalue weighted by Crippen LogP contribution is -2.65. The summed E-state index contributed by atoms with van der Waals surface area (Å²) >= 11 is 0. The van der Waals surface area contributed by atoms with Crippen molar-refractivity contribution in [2.75, 3.05) is 7.11 Å². The van der Waals surface area contributed by atoms with Gasteiger partial charge >= 0.3 is 13.1 Å². The lowest BCUT2D eigenvalue weighted by molar-refractivity contribution is -0.199. The number of hydrogen-bond acceptors (Lipinski definition) is 5. The fraction of sp³-hybridized carbons (Fsp3) is 0.696. The zero-order valence-electron chi connectivity index (χ0n) is 18.7. The monoisotopic (exact) mass is 400 g/mol. The summed E-state index contributed by atoms with van der Waals surface area (Å²) in [4.78, 5) is 12.6. The van der Waals surface area contributed by atoms with Crippen LogP contribution in [0.5, 0.6) is 5.75 Å². The molecule has 2 bridgehead atoms. The molecule has 0 spiro atoms. The van der Waals surface area contributed by atoms with Crippen LogP contribution >= 0.6 is 0 Å². The minimum absolute atomic E-state index is 0.143. The van der Waals surface area contributed by atoms with Crippen molar-refractivity contribution in [1.29, 1.82) is 0 Å². The smallest absolute Gasteiger partial charge is 0.462 e. The van der Waals surface area contributed by atoms with Gasteiger partial charge in [-0.05, 0) is 69.4 Å². The molecule has 5 rings (SSSR count). The lowest BCUT2D eigenvalue weighted by Gasteiger charge is -2.64. The Labute approximate surface area is 174 Å². The van der Waals surface area contributed by atoms with Gasteiger partial charge in [0, 0.05) is 6.32 Å². The first-order valence-electron chi connectivity index (χ1n) is 10.7. The van der Waals surface area contributed by atoms with E-state index in [-0.39, 0.29) is 24.8 Å². The van der Waals surface area contributed by atoms with Crippen molar-refractivity contribution in [3.05, 3.63) is 29.3 Å². The van der Waals surface area contributed by atoms with Crippen LogP contribution in [0.3, 0.4) is 0 Å². The Morgan fingerprint density at radius 2 is 1.97 bits per heavy atom. The normalized spacial score (nSPS) is 32.4. The number of benzene rings is 1. The summed E-state index contributed by atoms with van der Waals surface area (Å²) in [7, 11) is 1.25. The van der Waals surface area contributed by atoms with Crippen LogP contribution in [-0.2, 0) is 20.4 Å². The highest BCUT2D eigenvalue weighted by Gasteiger charge is 2.67. The second kappa shape index (κ2) is 6.74. The predicted molar refractivity (Wildman–Crippen MR) is 112 cm³/mol. The first kappa shape index (κ1) is 20.7. The van der Waals surface area contributed by atoms with Crippen molar-refractivity contribution in [3.8, 4) is 5.75 Å². The van der Waals surface area contributed by atoms with Crippen LogP contribution < -0.4 is 4.74 Å². The maximum Gasteiger partial charge on any atom is 0.462 e. The van der Waals surface area contributed by atoms with Crippen molar-refractivity contribution >= 4 is 13.1 Å². The van der Waals surface area contributed by atoms with Crippen LogP contribution in [-0.4, -0.2) is 37.5 Å². The van der Waals surface area contributed by atoms with Gasteiger partial charge in [0.1, 0.15) is 16.9 Å². The predicted octanol–water partition coefficient (Wildman–Crippen LogP) is 4.46. The van der Waals surface area contributed by atoms with E-state index in [4.69, 9.17) is 18.8 Å². The number of methoxy groups -OCH3 is 1. The Morgan fingerprint density at radius 1 is 1.24 bits per heavy atom. The maximum absolute atomic E-state index is 12.6. The Morgan fingerprint density at radius 3 is 2.59 bits per heavy atom. The van der Waals surface area contributed by atoms with Crippen LogP contribution in [0.15, 0.2) is 18.2 Å². The largest absolute Gasteiger partial charge is 0.496 e. The number of esters is 1. The fourth-order valence-electron chi connectivity index (χ4n) is 5.70. The highest BCUT2D eigenvalue weighted by molar-refractivity contribution is 6.45. The molecule has 0 N–H and O–H groups in total. The van der Waals surface area contributed by atoms with E-state index in [9.17, 15) is 4.79 Å². The van der Waals surface area contributed by atoms with E-state index in [1.165, 1.54) is 6.42 Å². The topological polar surface area (TPSA) is 54.0 Å². The second-order valence-corrected chi connectivity index (χ2v) is 10.6. The van der Waals surface area contributed by atoms with Crippen LogP contribution in [0.25, 0.3) is 0 Å². The third-order valence-electron chi connectivity index (χ3n) is 7.31. The van der Waals surface area contributed by atoms with Gasteiger partial charge in [-0.2, -0.15) is 0 Å². The van der Waals surface area contributed by atoms with E-state index in [1.807, 2.05) is 32.9 Å². The van der Waals surface area contributed by atoms with Crippen LogP contribution in [0, 0.1) is 17.3 Å². The minimum Gasteiger partial charge on any atom is -0.496 e. The van der Waals surface area contributed by atoms with Gasteiger partial charge in [0.05, 0.1) is 18.8 Å². The third kappa shape index (κ3) is 3.38. The number of hydrogen-bond donors (Lipinski definition) is 0. The molecule has 1 saturated heterocycles. The minimum atomic E-state index is -0.562. The first-order valence-corrected chi connectivity index (χ1v) is 10.7. The summed E-state index contributed by atoms with van der Waals surface area (Å²) in [5, 5.41) is 0. The van der Waals surface area contributed by atoms with Gasteiger partial charge in [-0.1, -0.05) is 26.0 Å². The van der Waals surface area contributed by atoms with Gasteiger partial charge in [0.2, 0.25) is 0 Å². The number of ether oxygens (including phenoxy) is 2. The Balaban J connectivity index is 1.54. The molecule has 158 valence electrons. The number of carbonyl (C=O) groups excluding carboxylic acids is 1. The van der Waals surface area contributed by atoms with Gasteiger partial charge < -0.3 is 18.8 Å². The molecule has 4 atom stereocenters. The summed E-state index contributed by atoms with van der Waals surface area (Å²) in [6.45, 7) is 12.5. The van der Waals surface area contributed by atoms with E-state index >= 15 is 0 Å². The highest BCUT2D eigenvalue weighted by Crippen LogP contribution is 2.65. The molecular weight excluding hydrogens is 367 g/mol. The van der Waals surface area contributed by atoms with Gasteiger partial charge in [-0.15, -0.1) is 0 Å². The van der Waals surface area contributed by atoms with Gasteiger partial charge in [-0.3, -0.25) is 0 Å². The van der Waals surface area contributed by atoms with E-state index in [0.29, 0.717) is 29.0 Å². The Bertz CT molecular complexity index is 814. The van der Waals surface area contributed by atoms with Gasteiger partial charge in [0.15, 0.2) is 0 Å². The summed E-state index contributed by atoms with van der Waals surface area (Å²) in [6.07, 6.45) is 2.98. The standard InChI is InChI=1S/C23H33BO5/c1-21(2,3)27-20(25)16-10-8-9-14(19(16)26-7)13-24-28-18-12-15-11-17(22(15,4)5)23(18,6)29-24/h8-10,15,17-18H,11-13H2,1-7H3. The molecule has 1 aromatic carbocycles. The first-order chi connectivity index (χ1) is 13.5. The van der Waals surface area contributed by atoms with E-state index in [2.05, 4.69) is 20.8 Å². The summed E-state index contributed by atoms with van der Waals surface area (Å²) in [5.41, 5.74) is 0.851. The lowest BCUT2D eigenvalue weighted by atomic mass is 9.43. The van der Waals surface area contributed by atoms with Crippen molar-refractivity contribution in [3.63, 3.8) is 0 Å².